The van der Waals surface area contributed by atoms with Gasteiger partial charge in [-0.1, -0.05) is 43.7 Å². The number of hydrogen-bond donors (Lipinski definition) is 2. The Morgan fingerprint density at radius 1 is 1.17 bits per heavy atom. The van der Waals surface area contributed by atoms with Crippen LogP contribution in [0.1, 0.15) is 57.9 Å². The summed E-state index contributed by atoms with van der Waals surface area (Å²) in [6.07, 6.45) is 6.24. The molecule has 3 aliphatic carbocycles. The molecule has 2 saturated carbocycles. The molecule has 5 heteroatoms. The first-order valence-corrected chi connectivity index (χ1v) is 11.7. The van der Waals surface area contributed by atoms with Gasteiger partial charge < -0.3 is 15.1 Å². The van der Waals surface area contributed by atoms with Crippen LogP contribution >= 0.6 is 11.6 Å². The molecule has 1 aromatic rings. The van der Waals surface area contributed by atoms with E-state index < -0.39 is 6.10 Å². The fourth-order valence-corrected chi connectivity index (χ4v) is 7.63. The molecule has 4 nitrogen and oxygen atoms in total. The summed E-state index contributed by atoms with van der Waals surface area (Å²) >= 11 is 6.04. The van der Waals surface area contributed by atoms with Gasteiger partial charge in [-0.25, -0.2) is 0 Å². The lowest BCUT2D eigenvalue weighted by Gasteiger charge is -2.60. The highest BCUT2D eigenvalue weighted by Crippen LogP contribution is 2.64. The van der Waals surface area contributed by atoms with Crippen molar-refractivity contribution in [2.45, 2.75) is 71.1 Å². The minimum absolute atomic E-state index is 0.140. The van der Waals surface area contributed by atoms with Crippen LogP contribution in [-0.2, 0) is 11.3 Å². The molecule has 5 rings (SSSR count). The van der Waals surface area contributed by atoms with E-state index in [1.165, 1.54) is 0 Å². The monoisotopic (exact) mass is 429 g/mol. The molecule has 4 unspecified atom stereocenters. The summed E-state index contributed by atoms with van der Waals surface area (Å²) in [5, 5.41) is 22.7. The first-order chi connectivity index (χ1) is 14.2. The molecule has 7 atom stereocenters. The van der Waals surface area contributed by atoms with Crippen molar-refractivity contribution in [3.05, 3.63) is 46.6 Å². The molecule has 0 spiro atoms. The molecule has 30 heavy (non-hydrogen) atoms. The maximum absolute atomic E-state index is 12.9. The van der Waals surface area contributed by atoms with Crippen molar-refractivity contribution in [1.82, 2.24) is 4.90 Å². The third-order valence-corrected chi connectivity index (χ3v) is 9.26. The lowest BCUT2D eigenvalue weighted by molar-refractivity contribution is -0.153. The van der Waals surface area contributed by atoms with Gasteiger partial charge in [-0.15, -0.1) is 0 Å². The number of carbonyl (C=O) groups excluding carboxylic acids is 1. The number of likely N-dealkylation sites (tertiary alicyclic amines) is 1. The van der Waals surface area contributed by atoms with Crippen molar-refractivity contribution in [3.8, 4) is 0 Å². The number of piperidine rings is 1. The number of aliphatic hydroxyl groups excluding tert-OH is 2. The largest absolute Gasteiger partial charge is 0.393 e. The minimum atomic E-state index is -0.441. The highest BCUT2D eigenvalue weighted by atomic mass is 35.5. The first-order valence-electron chi connectivity index (χ1n) is 11.4. The summed E-state index contributed by atoms with van der Waals surface area (Å²) in [7, 11) is 0. The Labute approximate surface area is 183 Å². The number of benzene rings is 1. The van der Waals surface area contributed by atoms with Crippen molar-refractivity contribution in [2.75, 3.05) is 0 Å². The van der Waals surface area contributed by atoms with E-state index in [-0.39, 0.29) is 28.8 Å². The predicted octanol–water partition coefficient (Wildman–Crippen LogP) is 4.53. The van der Waals surface area contributed by atoms with Crippen LogP contribution in [0.15, 0.2) is 36.0 Å². The average molecular weight is 430 g/mol. The normalized spacial score (nSPS) is 43.0. The standard InChI is InChI=1S/C25H32ClNO3/c1-24-12-11-22(30)27(14-15-3-5-16(26)6-4-15)20(24)9-7-17-18-8-10-21(29)25(18,2)13-19(28)23(17)24/h3-6,9,17-19,21,23,28-29H,7-8,10-14H2,1-2H3/t17?,18-,19?,21?,23+,24-,25?/m0/s1. The quantitative estimate of drug-likeness (QED) is 0.726. The van der Waals surface area contributed by atoms with Gasteiger partial charge in [-0.05, 0) is 73.0 Å². The molecule has 1 amide bonds. The molecule has 4 aliphatic rings. The summed E-state index contributed by atoms with van der Waals surface area (Å²) < 4.78 is 0. The van der Waals surface area contributed by atoms with Gasteiger partial charge in [-0.3, -0.25) is 4.79 Å². The molecule has 1 saturated heterocycles. The van der Waals surface area contributed by atoms with Gasteiger partial charge in [0.05, 0.1) is 18.8 Å². The number of allylic oxidation sites excluding steroid dienone is 2. The zero-order chi connectivity index (χ0) is 21.3. The fraction of sp³-hybridized carbons (Fsp3) is 0.640. The molecular weight excluding hydrogens is 398 g/mol. The van der Waals surface area contributed by atoms with Crippen molar-refractivity contribution in [3.63, 3.8) is 0 Å². The van der Waals surface area contributed by atoms with Crippen LogP contribution in [0.2, 0.25) is 5.02 Å². The summed E-state index contributed by atoms with van der Waals surface area (Å²) in [4.78, 5) is 14.9. The number of carbonyl (C=O) groups is 1. The number of aliphatic hydroxyl groups is 2. The molecule has 0 radical (unpaired) electrons. The van der Waals surface area contributed by atoms with Gasteiger partial charge in [0, 0.05) is 22.6 Å². The lowest BCUT2D eigenvalue weighted by Crippen LogP contribution is -2.59. The van der Waals surface area contributed by atoms with Crippen molar-refractivity contribution in [1.29, 1.82) is 0 Å². The topological polar surface area (TPSA) is 60.8 Å². The summed E-state index contributed by atoms with van der Waals surface area (Å²) in [6, 6.07) is 7.70. The third-order valence-electron chi connectivity index (χ3n) is 9.01. The Bertz CT molecular complexity index is 883. The van der Waals surface area contributed by atoms with E-state index in [1.54, 1.807) is 0 Å². The van der Waals surface area contributed by atoms with Crippen LogP contribution in [0.3, 0.4) is 0 Å². The second-order valence-electron chi connectivity index (χ2n) is 10.5. The molecule has 3 fully saturated rings. The van der Waals surface area contributed by atoms with E-state index in [1.807, 2.05) is 29.2 Å². The van der Waals surface area contributed by atoms with Crippen molar-refractivity contribution >= 4 is 17.5 Å². The lowest BCUT2D eigenvalue weighted by atomic mass is 9.48. The average Bonchev–Trinajstić information content (AvgIpc) is 3.00. The highest BCUT2D eigenvalue weighted by Gasteiger charge is 2.62. The second kappa shape index (κ2) is 7.08. The van der Waals surface area contributed by atoms with Gasteiger partial charge in [0.15, 0.2) is 0 Å². The Balaban J connectivity index is 1.50. The molecule has 1 aromatic carbocycles. The van der Waals surface area contributed by atoms with E-state index in [4.69, 9.17) is 11.6 Å². The Morgan fingerprint density at radius 2 is 1.90 bits per heavy atom. The second-order valence-corrected chi connectivity index (χ2v) is 11.0. The summed E-state index contributed by atoms with van der Waals surface area (Å²) in [5.41, 5.74) is 1.76. The molecule has 2 N–H and O–H groups in total. The zero-order valence-corrected chi connectivity index (χ0v) is 18.6. The smallest absolute Gasteiger partial charge is 0.227 e. The maximum atomic E-state index is 12.9. The summed E-state index contributed by atoms with van der Waals surface area (Å²) in [6.45, 7) is 4.98. The van der Waals surface area contributed by atoms with E-state index in [9.17, 15) is 15.0 Å². The van der Waals surface area contributed by atoms with Crippen LogP contribution in [0.25, 0.3) is 0 Å². The molecule has 1 aliphatic heterocycles. The van der Waals surface area contributed by atoms with E-state index in [0.29, 0.717) is 36.2 Å². The van der Waals surface area contributed by atoms with Crippen LogP contribution in [0.4, 0.5) is 0 Å². The van der Waals surface area contributed by atoms with Gasteiger partial charge in [0.2, 0.25) is 5.91 Å². The third kappa shape index (κ3) is 2.91. The van der Waals surface area contributed by atoms with Crippen LogP contribution in [0.5, 0.6) is 0 Å². The number of fused-ring (bicyclic) bond motifs is 5. The minimum Gasteiger partial charge on any atom is -0.393 e. The van der Waals surface area contributed by atoms with E-state index >= 15 is 0 Å². The van der Waals surface area contributed by atoms with Gasteiger partial charge in [0.25, 0.3) is 0 Å². The van der Waals surface area contributed by atoms with Crippen LogP contribution < -0.4 is 0 Å². The zero-order valence-electron chi connectivity index (χ0n) is 17.9. The molecule has 0 aromatic heterocycles. The van der Waals surface area contributed by atoms with E-state index in [0.717, 1.165) is 36.9 Å². The van der Waals surface area contributed by atoms with Gasteiger partial charge in [0.1, 0.15) is 0 Å². The molecule has 1 heterocycles. The number of halogens is 1. The number of rotatable bonds is 2. The SMILES string of the molecule is CC12CC(O)[C@H]3C(CC=C4N(Cc5ccc(Cl)cc5)C(=O)CC[C@@]43C)[C@@H]1CCC2O. The number of amides is 1. The Morgan fingerprint density at radius 3 is 2.63 bits per heavy atom. The predicted molar refractivity (Wildman–Crippen MR) is 116 cm³/mol. The van der Waals surface area contributed by atoms with Crippen molar-refractivity contribution in [2.24, 2.45) is 28.6 Å². The van der Waals surface area contributed by atoms with Gasteiger partial charge in [-0.2, -0.15) is 0 Å². The van der Waals surface area contributed by atoms with Gasteiger partial charge >= 0.3 is 0 Å². The highest BCUT2D eigenvalue weighted by molar-refractivity contribution is 6.30. The fourth-order valence-electron chi connectivity index (χ4n) is 7.50. The number of hydrogen-bond acceptors (Lipinski definition) is 3. The van der Waals surface area contributed by atoms with Crippen LogP contribution in [0, 0.1) is 28.6 Å². The van der Waals surface area contributed by atoms with Crippen LogP contribution in [-0.4, -0.2) is 33.2 Å². The molecule has 0 bridgehead atoms. The molecular formula is C25H32ClNO3. The number of nitrogens with zero attached hydrogens (tertiary/aromatic N) is 1. The Kier molecular flexibility index (Phi) is 4.85. The maximum Gasteiger partial charge on any atom is 0.227 e. The molecule has 162 valence electrons. The van der Waals surface area contributed by atoms with Crippen molar-refractivity contribution < 1.29 is 15.0 Å². The van der Waals surface area contributed by atoms with E-state index in [2.05, 4.69) is 19.9 Å². The first kappa shape index (κ1) is 20.5. The Hall–Kier alpha value is -1.36. The summed E-state index contributed by atoms with van der Waals surface area (Å²) in [5.74, 6) is 1.12.